The number of imidazole rings is 1. The van der Waals surface area contributed by atoms with Crippen molar-refractivity contribution < 1.29 is 0 Å². The van der Waals surface area contributed by atoms with E-state index in [2.05, 4.69) is 20.2 Å². The van der Waals surface area contributed by atoms with Gasteiger partial charge in [-0.15, -0.1) is 10.2 Å². The highest BCUT2D eigenvalue weighted by atomic mass is 15.3. The summed E-state index contributed by atoms with van der Waals surface area (Å²) in [7, 11) is 0. The number of pyridine rings is 1. The van der Waals surface area contributed by atoms with Crippen LogP contribution in [0.15, 0.2) is 43.0 Å². The molecule has 0 aromatic carbocycles. The van der Waals surface area contributed by atoms with Crippen LogP contribution < -0.4 is 5.73 Å². The van der Waals surface area contributed by atoms with Crippen LogP contribution in [0, 0.1) is 0 Å². The molecule has 0 aliphatic heterocycles. The van der Waals surface area contributed by atoms with Crippen LogP contribution in [0.5, 0.6) is 0 Å². The third kappa shape index (κ3) is 1.32. The third-order valence-corrected chi connectivity index (χ3v) is 3.01. The molecule has 19 heavy (non-hydrogen) atoms. The zero-order valence-corrected chi connectivity index (χ0v) is 9.80. The number of nitrogen functional groups attached to an aromatic ring is 1. The lowest BCUT2D eigenvalue weighted by Crippen LogP contribution is -2.01. The first-order chi connectivity index (χ1) is 9.34. The van der Waals surface area contributed by atoms with E-state index in [0.29, 0.717) is 17.4 Å². The quantitative estimate of drug-likeness (QED) is 0.546. The molecule has 0 spiro atoms. The number of hydrogen-bond acceptors (Lipinski definition) is 5. The molecule has 4 aromatic rings. The second kappa shape index (κ2) is 3.52. The van der Waals surface area contributed by atoms with Gasteiger partial charge in [0.15, 0.2) is 11.5 Å². The van der Waals surface area contributed by atoms with Crippen molar-refractivity contribution in [2.45, 2.75) is 0 Å². The molecule has 0 fully saturated rings. The second-order valence-corrected chi connectivity index (χ2v) is 4.10. The van der Waals surface area contributed by atoms with Crippen LogP contribution in [0.25, 0.3) is 22.7 Å². The molecule has 0 saturated heterocycles. The Balaban J connectivity index is 2.13. The predicted octanol–water partition coefficient (Wildman–Crippen LogP) is 1.02. The molecule has 0 unspecified atom stereocenters. The summed E-state index contributed by atoms with van der Waals surface area (Å²) >= 11 is 0. The first-order valence-electron chi connectivity index (χ1n) is 5.72. The van der Waals surface area contributed by atoms with Crippen LogP contribution >= 0.6 is 0 Å². The number of hydrogen-bond donors (Lipinski definition) is 1. The van der Waals surface area contributed by atoms with E-state index in [0.717, 1.165) is 11.2 Å². The number of fused-ring (bicyclic) bond motifs is 2. The number of nitrogens with zero attached hydrogens (tertiary/aromatic N) is 6. The Bertz CT molecular complexity index is 889. The van der Waals surface area contributed by atoms with Crippen molar-refractivity contribution >= 4 is 17.2 Å². The van der Waals surface area contributed by atoms with Gasteiger partial charge >= 0.3 is 0 Å². The average Bonchev–Trinajstić information content (AvgIpc) is 3.05. The Morgan fingerprint density at radius 2 is 1.95 bits per heavy atom. The van der Waals surface area contributed by atoms with E-state index >= 15 is 0 Å². The molecule has 0 aliphatic carbocycles. The van der Waals surface area contributed by atoms with Crippen molar-refractivity contribution in [1.29, 1.82) is 0 Å². The van der Waals surface area contributed by atoms with Crippen LogP contribution in [0.2, 0.25) is 0 Å². The summed E-state index contributed by atoms with van der Waals surface area (Å²) in [5.74, 6) is 0.989. The second-order valence-electron chi connectivity index (χ2n) is 4.10. The minimum Gasteiger partial charge on any atom is -0.369 e. The van der Waals surface area contributed by atoms with Crippen LogP contribution in [0.4, 0.5) is 5.95 Å². The highest BCUT2D eigenvalue weighted by Crippen LogP contribution is 2.23. The number of aromatic nitrogens is 6. The molecule has 4 heterocycles. The maximum absolute atomic E-state index is 5.90. The van der Waals surface area contributed by atoms with E-state index in [4.69, 9.17) is 5.73 Å². The minimum absolute atomic E-state index is 0.353. The van der Waals surface area contributed by atoms with Crippen LogP contribution in [0.1, 0.15) is 0 Å². The molecule has 92 valence electrons. The van der Waals surface area contributed by atoms with Crippen molar-refractivity contribution in [3.05, 3.63) is 43.0 Å². The third-order valence-electron chi connectivity index (χ3n) is 3.01. The Hall–Kier alpha value is -2.96. The van der Waals surface area contributed by atoms with Crippen molar-refractivity contribution in [3.63, 3.8) is 0 Å². The van der Waals surface area contributed by atoms with Gasteiger partial charge in [-0.05, 0) is 12.1 Å². The summed E-state index contributed by atoms with van der Waals surface area (Å²) in [4.78, 5) is 8.40. The van der Waals surface area contributed by atoms with E-state index in [1.54, 1.807) is 22.9 Å². The van der Waals surface area contributed by atoms with Crippen molar-refractivity contribution in [1.82, 2.24) is 29.0 Å². The first-order valence-corrected chi connectivity index (χ1v) is 5.72. The van der Waals surface area contributed by atoms with E-state index < -0.39 is 0 Å². The maximum Gasteiger partial charge on any atom is 0.207 e. The molecule has 0 saturated carbocycles. The van der Waals surface area contributed by atoms with Gasteiger partial charge in [0, 0.05) is 30.9 Å². The monoisotopic (exact) mass is 251 g/mol. The topological polar surface area (TPSA) is 86.4 Å². The fraction of sp³-hybridized carbons (Fsp3) is 0. The summed E-state index contributed by atoms with van der Waals surface area (Å²) in [6.45, 7) is 0. The number of nitrogens with two attached hydrogens (primary N) is 1. The normalized spacial score (nSPS) is 11.4. The molecule has 0 aliphatic rings. The van der Waals surface area contributed by atoms with Crippen molar-refractivity contribution in [3.8, 4) is 11.4 Å². The van der Waals surface area contributed by atoms with Crippen LogP contribution in [-0.4, -0.2) is 29.0 Å². The maximum atomic E-state index is 5.90. The summed E-state index contributed by atoms with van der Waals surface area (Å²) in [6, 6.07) is 5.63. The summed E-state index contributed by atoms with van der Waals surface area (Å²) < 4.78 is 3.63. The zero-order chi connectivity index (χ0) is 12.8. The number of anilines is 1. The lowest BCUT2D eigenvalue weighted by Gasteiger charge is -2.03. The van der Waals surface area contributed by atoms with E-state index in [9.17, 15) is 0 Å². The Kier molecular flexibility index (Phi) is 1.85. The molecule has 0 bridgehead atoms. The molecule has 4 aromatic heterocycles. The largest absolute Gasteiger partial charge is 0.369 e. The number of rotatable bonds is 1. The molecule has 2 N–H and O–H groups in total. The molecular weight excluding hydrogens is 242 g/mol. The fourth-order valence-electron chi connectivity index (χ4n) is 2.17. The Labute approximate surface area is 107 Å². The van der Waals surface area contributed by atoms with Gasteiger partial charge in [-0.3, -0.25) is 0 Å². The van der Waals surface area contributed by atoms with Gasteiger partial charge in [0.25, 0.3) is 0 Å². The van der Waals surface area contributed by atoms with Gasteiger partial charge < -0.3 is 10.1 Å². The molecule has 0 amide bonds. The lowest BCUT2D eigenvalue weighted by molar-refractivity contribution is 1.09. The SMILES string of the molecule is Nc1nccc2nnc(-c3cccn4ccnc34)n12. The summed E-state index contributed by atoms with van der Waals surface area (Å²) in [6.07, 6.45) is 7.16. The fourth-order valence-corrected chi connectivity index (χ4v) is 2.17. The van der Waals surface area contributed by atoms with Crippen LogP contribution in [-0.2, 0) is 0 Å². The Morgan fingerprint density at radius 3 is 2.89 bits per heavy atom. The van der Waals surface area contributed by atoms with Gasteiger partial charge in [0.1, 0.15) is 5.65 Å². The molecule has 7 nitrogen and oxygen atoms in total. The highest BCUT2D eigenvalue weighted by molar-refractivity contribution is 5.74. The molecule has 0 radical (unpaired) electrons. The summed E-state index contributed by atoms with van der Waals surface area (Å²) in [5.41, 5.74) is 8.23. The molecule has 4 rings (SSSR count). The van der Waals surface area contributed by atoms with E-state index in [1.165, 1.54) is 0 Å². The van der Waals surface area contributed by atoms with E-state index in [1.807, 2.05) is 28.9 Å². The van der Waals surface area contributed by atoms with Gasteiger partial charge in [-0.25, -0.2) is 14.4 Å². The minimum atomic E-state index is 0.353. The zero-order valence-electron chi connectivity index (χ0n) is 9.80. The van der Waals surface area contributed by atoms with Crippen molar-refractivity contribution in [2.75, 3.05) is 5.73 Å². The molecular formula is C12H9N7. The summed E-state index contributed by atoms with van der Waals surface area (Å²) in [5, 5.41) is 8.30. The van der Waals surface area contributed by atoms with Gasteiger partial charge in [-0.1, -0.05) is 0 Å². The highest BCUT2D eigenvalue weighted by Gasteiger charge is 2.14. The average molecular weight is 251 g/mol. The standard InChI is InChI=1S/C12H9N7/c13-12-15-4-3-9-16-17-11(19(9)12)8-2-1-6-18-7-5-14-10(8)18/h1-7H,(H2,13,15). The smallest absolute Gasteiger partial charge is 0.207 e. The van der Waals surface area contributed by atoms with Gasteiger partial charge in [-0.2, -0.15) is 0 Å². The first kappa shape index (κ1) is 10.0. The molecule has 7 heteroatoms. The Morgan fingerprint density at radius 1 is 1.00 bits per heavy atom. The van der Waals surface area contributed by atoms with Gasteiger partial charge in [0.05, 0.1) is 5.56 Å². The van der Waals surface area contributed by atoms with Crippen LogP contribution in [0.3, 0.4) is 0 Å². The molecule has 0 atom stereocenters. The van der Waals surface area contributed by atoms with Gasteiger partial charge in [0.2, 0.25) is 5.95 Å². The van der Waals surface area contributed by atoms with E-state index in [-0.39, 0.29) is 0 Å². The predicted molar refractivity (Wildman–Crippen MR) is 69.4 cm³/mol. The lowest BCUT2D eigenvalue weighted by atomic mass is 10.2. The van der Waals surface area contributed by atoms with Crippen molar-refractivity contribution in [2.24, 2.45) is 0 Å².